The van der Waals surface area contributed by atoms with E-state index in [1.807, 2.05) is 0 Å². The molecule has 0 aromatic heterocycles. The highest BCUT2D eigenvalue weighted by Crippen LogP contribution is 2.35. The fraction of sp³-hybridized carbons (Fsp3) is 0.417. The molecule has 1 unspecified atom stereocenters. The second kappa shape index (κ2) is 4.97. The number of rotatable bonds is 4. The summed E-state index contributed by atoms with van der Waals surface area (Å²) in [6.45, 7) is 0.368. The van der Waals surface area contributed by atoms with Crippen molar-refractivity contribution in [3.63, 3.8) is 0 Å². The van der Waals surface area contributed by atoms with E-state index in [1.54, 1.807) is 4.90 Å². The van der Waals surface area contributed by atoms with Gasteiger partial charge < -0.3 is 20.5 Å². The Morgan fingerprint density at radius 3 is 2.80 bits per heavy atom. The summed E-state index contributed by atoms with van der Waals surface area (Å²) in [4.78, 5) is 23.3. The minimum atomic E-state index is -1.38. The first-order valence-corrected chi connectivity index (χ1v) is 5.97. The van der Waals surface area contributed by atoms with Crippen LogP contribution in [0.25, 0.3) is 0 Å². The van der Waals surface area contributed by atoms with E-state index in [1.165, 1.54) is 25.3 Å². The maximum absolute atomic E-state index is 11.1. The van der Waals surface area contributed by atoms with E-state index < -0.39 is 16.4 Å². The molecular weight excluding hydrogens is 266 g/mol. The highest BCUT2D eigenvalue weighted by molar-refractivity contribution is 5.81. The van der Waals surface area contributed by atoms with Gasteiger partial charge in [-0.2, -0.15) is 0 Å². The maximum atomic E-state index is 11.1. The first-order chi connectivity index (χ1) is 9.37. The monoisotopic (exact) mass is 281 g/mol. The summed E-state index contributed by atoms with van der Waals surface area (Å²) >= 11 is 0. The molecule has 0 saturated carbocycles. The van der Waals surface area contributed by atoms with Crippen molar-refractivity contribution in [2.24, 2.45) is 5.73 Å². The number of carboxylic acids is 1. The molecule has 1 heterocycles. The summed E-state index contributed by atoms with van der Waals surface area (Å²) in [6.07, 6.45) is 0.233. The van der Waals surface area contributed by atoms with Gasteiger partial charge in [-0.15, -0.1) is 0 Å². The first-order valence-electron chi connectivity index (χ1n) is 5.97. The van der Waals surface area contributed by atoms with Crippen molar-refractivity contribution in [1.29, 1.82) is 0 Å². The first kappa shape index (κ1) is 14.1. The van der Waals surface area contributed by atoms with Crippen LogP contribution in [0, 0.1) is 10.1 Å². The normalized spacial score (nSPS) is 21.8. The Morgan fingerprint density at radius 1 is 1.60 bits per heavy atom. The average Bonchev–Trinajstić information content (AvgIpc) is 2.82. The fourth-order valence-electron chi connectivity index (χ4n) is 2.25. The van der Waals surface area contributed by atoms with E-state index in [9.17, 15) is 14.9 Å². The van der Waals surface area contributed by atoms with Gasteiger partial charge in [-0.25, -0.2) is 0 Å². The quantitative estimate of drug-likeness (QED) is 0.612. The number of nitro benzene ring substituents is 1. The number of carboxylic acid groups (broad SMARTS) is 1. The van der Waals surface area contributed by atoms with Crippen LogP contribution in [0.15, 0.2) is 18.2 Å². The SMILES string of the molecule is COc1ccc([N+](=O)[O-])c(N2CCC(N)(C(=O)O)C2)c1. The van der Waals surface area contributed by atoms with Gasteiger partial charge in [0.05, 0.1) is 12.0 Å². The van der Waals surface area contributed by atoms with Crippen molar-refractivity contribution in [2.75, 3.05) is 25.1 Å². The van der Waals surface area contributed by atoms with Crippen molar-refractivity contribution in [2.45, 2.75) is 12.0 Å². The van der Waals surface area contributed by atoms with Crippen LogP contribution in [0.2, 0.25) is 0 Å². The fourth-order valence-corrected chi connectivity index (χ4v) is 2.25. The van der Waals surface area contributed by atoms with Crippen LogP contribution in [0.5, 0.6) is 5.75 Å². The molecule has 108 valence electrons. The van der Waals surface area contributed by atoms with Gasteiger partial charge in [-0.05, 0) is 12.5 Å². The number of carbonyl (C=O) groups is 1. The van der Waals surface area contributed by atoms with E-state index in [4.69, 9.17) is 15.6 Å². The molecule has 1 aromatic carbocycles. The van der Waals surface area contributed by atoms with Crippen LogP contribution < -0.4 is 15.4 Å². The molecule has 1 aliphatic heterocycles. The predicted molar refractivity (Wildman–Crippen MR) is 71.0 cm³/mol. The summed E-state index contributed by atoms with van der Waals surface area (Å²) in [5.41, 5.74) is 4.63. The van der Waals surface area contributed by atoms with Crippen molar-refractivity contribution in [1.82, 2.24) is 0 Å². The van der Waals surface area contributed by atoms with Crippen molar-refractivity contribution < 1.29 is 19.6 Å². The average molecular weight is 281 g/mol. The summed E-state index contributed by atoms with van der Waals surface area (Å²) in [5, 5.41) is 20.2. The third-order valence-corrected chi connectivity index (χ3v) is 3.45. The Kier molecular flexibility index (Phi) is 3.49. The highest BCUT2D eigenvalue weighted by Gasteiger charge is 2.42. The molecule has 2 rings (SSSR count). The Balaban J connectivity index is 2.37. The standard InChI is InChI=1S/C12H15N3O5/c1-20-8-2-3-9(15(18)19)10(6-8)14-5-4-12(13,7-14)11(16)17/h2-3,6H,4-5,7,13H2,1H3,(H,16,17). The second-order valence-electron chi connectivity index (χ2n) is 4.74. The molecule has 3 N–H and O–H groups in total. The number of nitro groups is 1. The summed E-state index contributed by atoms with van der Waals surface area (Å²) < 4.78 is 5.05. The largest absolute Gasteiger partial charge is 0.497 e. The zero-order valence-electron chi connectivity index (χ0n) is 10.9. The number of hydrogen-bond donors (Lipinski definition) is 2. The third kappa shape index (κ3) is 2.37. The van der Waals surface area contributed by atoms with E-state index in [-0.39, 0.29) is 18.7 Å². The van der Waals surface area contributed by atoms with Crippen LogP contribution in [0.1, 0.15) is 6.42 Å². The van der Waals surface area contributed by atoms with Crippen LogP contribution in [-0.4, -0.2) is 41.7 Å². The number of ether oxygens (including phenoxy) is 1. The predicted octanol–water partition coefficient (Wildman–Crippen LogP) is 0.596. The molecule has 0 aliphatic carbocycles. The smallest absolute Gasteiger partial charge is 0.325 e. The van der Waals surface area contributed by atoms with E-state index in [0.29, 0.717) is 18.0 Å². The molecule has 8 heteroatoms. The summed E-state index contributed by atoms with van der Waals surface area (Å²) in [5.74, 6) is -0.638. The van der Waals surface area contributed by atoms with E-state index in [2.05, 4.69) is 0 Å². The molecule has 1 atom stereocenters. The lowest BCUT2D eigenvalue weighted by Gasteiger charge is -2.21. The molecule has 1 fully saturated rings. The molecule has 8 nitrogen and oxygen atoms in total. The van der Waals surface area contributed by atoms with E-state index >= 15 is 0 Å². The minimum Gasteiger partial charge on any atom is -0.497 e. The number of aliphatic carboxylic acids is 1. The van der Waals surface area contributed by atoms with Gasteiger partial charge in [0, 0.05) is 25.2 Å². The summed E-state index contributed by atoms with van der Waals surface area (Å²) in [6, 6.07) is 4.35. The topological polar surface area (TPSA) is 119 Å². The molecule has 0 bridgehead atoms. The molecule has 1 aromatic rings. The molecule has 20 heavy (non-hydrogen) atoms. The maximum Gasteiger partial charge on any atom is 0.325 e. The number of benzene rings is 1. The zero-order valence-corrected chi connectivity index (χ0v) is 10.9. The van der Waals surface area contributed by atoms with Gasteiger partial charge in [-0.3, -0.25) is 14.9 Å². The van der Waals surface area contributed by atoms with Gasteiger partial charge in [0.15, 0.2) is 0 Å². The lowest BCUT2D eigenvalue weighted by Crippen LogP contribution is -2.50. The second-order valence-corrected chi connectivity index (χ2v) is 4.74. The molecule has 1 saturated heterocycles. The number of methoxy groups -OCH3 is 1. The van der Waals surface area contributed by atoms with Crippen molar-refractivity contribution >= 4 is 17.3 Å². The van der Waals surface area contributed by atoms with Crippen molar-refractivity contribution in [3.05, 3.63) is 28.3 Å². The Hall–Kier alpha value is -2.35. The molecule has 0 spiro atoms. The van der Waals surface area contributed by atoms with Crippen LogP contribution in [0.4, 0.5) is 11.4 Å². The minimum absolute atomic E-state index is 0.0241. The van der Waals surface area contributed by atoms with Crippen LogP contribution in [0.3, 0.4) is 0 Å². The number of nitrogens with two attached hydrogens (primary N) is 1. The van der Waals surface area contributed by atoms with Gasteiger partial charge in [0.2, 0.25) is 0 Å². The number of nitrogens with zero attached hydrogens (tertiary/aromatic N) is 2. The van der Waals surface area contributed by atoms with Crippen LogP contribution >= 0.6 is 0 Å². The molecular formula is C12H15N3O5. The highest BCUT2D eigenvalue weighted by atomic mass is 16.6. The van der Waals surface area contributed by atoms with E-state index in [0.717, 1.165) is 0 Å². The Bertz CT molecular complexity index is 562. The lowest BCUT2D eigenvalue weighted by atomic mass is 10.0. The Morgan fingerprint density at radius 2 is 2.30 bits per heavy atom. The van der Waals surface area contributed by atoms with Gasteiger partial charge >= 0.3 is 5.97 Å². The summed E-state index contributed by atoms with van der Waals surface area (Å²) in [7, 11) is 1.46. The van der Waals surface area contributed by atoms with Gasteiger partial charge in [0.25, 0.3) is 5.69 Å². The number of anilines is 1. The zero-order chi connectivity index (χ0) is 14.9. The Labute approximate surface area is 114 Å². The molecule has 0 radical (unpaired) electrons. The third-order valence-electron chi connectivity index (χ3n) is 3.45. The lowest BCUT2D eigenvalue weighted by molar-refractivity contribution is -0.384. The van der Waals surface area contributed by atoms with Gasteiger partial charge in [-0.1, -0.05) is 0 Å². The van der Waals surface area contributed by atoms with Crippen molar-refractivity contribution in [3.8, 4) is 5.75 Å². The van der Waals surface area contributed by atoms with Crippen LogP contribution in [-0.2, 0) is 4.79 Å². The number of hydrogen-bond acceptors (Lipinski definition) is 6. The molecule has 0 amide bonds. The molecule has 1 aliphatic rings. The van der Waals surface area contributed by atoms with Gasteiger partial charge in [0.1, 0.15) is 17.0 Å².